The third-order valence-electron chi connectivity index (χ3n) is 4.27. The molecule has 1 saturated heterocycles. The van der Waals surface area contributed by atoms with Crippen molar-refractivity contribution < 1.29 is 5.11 Å². The minimum Gasteiger partial charge on any atom is -0.391 e. The minimum absolute atomic E-state index is 0.197. The van der Waals surface area contributed by atoms with E-state index in [0.717, 1.165) is 38.0 Å². The number of benzene rings is 1. The lowest BCUT2D eigenvalue weighted by Gasteiger charge is -2.39. The summed E-state index contributed by atoms with van der Waals surface area (Å²) in [5.74, 6) is 0. The van der Waals surface area contributed by atoms with Crippen LogP contribution in [0.4, 0.5) is 0 Å². The fourth-order valence-electron chi connectivity index (χ4n) is 3.06. The van der Waals surface area contributed by atoms with Crippen LogP contribution in [0, 0.1) is 6.92 Å². The number of hydrogen-bond donors (Lipinski definition) is 1. The van der Waals surface area contributed by atoms with Crippen molar-refractivity contribution >= 4 is 11.3 Å². The van der Waals surface area contributed by atoms with Gasteiger partial charge in [0, 0.05) is 18.0 Å². The lowest BCUT2D eigenvalue weighted by atomic mass is 9.92. The van der Waals surface area contributed by atoms with Gasteiger partial charge in [-0.1, -0.05) is 29.8 Å². The summed E-state index contributed by atoms with van der Waals surface area (Å²) in [6.45, 7) is 4.00. The van der Waals surface area contributed by atoms with Gasteiger partial charge in [-0.25, -0.2) is 4.98 Å². The van der Waals surface area contributed by atoms with Gasteiger partial charge in [0.25, 0.3) is 0 Å². The van der Waals surface area contributed by atoms with Gasteiger partial charge in [0.2, 0.25) is 0 Å². The molecule has 2 heterocycles. The van der Waals surface area contributed by atoms with E-state index in [9.17, 15) is 5.11 Å². The number of likely N-dealkylation sites (tertiary alicyclic amines) is 1. The molecule has 112 valence electrons. The molecule has 1 fully saturated rings. The molecule has 21 heavy (non-hydrogen) atoms. The number of aromatic nitrogens is 1. The van der Waals surface area contributed by atoms with Crippen LogP contribution in [0.1, 0.15) is 29.7 Å². The summed E-state index contributed by atoms with van der Waals surface area (Å²) in [6, 6.07) is 8.85. The number of hydrogen-bond acceptors (Lipinski definition) is 4. The SMILES string of the molecule is Cc1ccc(C[C@H]2[C@@H](O)CCCN2Cc2cscn2)cc1. The van der Waals surface area contributed by atoms with Crippen LogP contribution in [0.3, 0.4) is 0 Å². The van der Waals surface area contributed by atoms with Crippen molar-refractivity contribution in [3.63, 3.8) is 0 Å². The molecule has 1 aromatic heterocycles. The highest BCUT2D eigenvalue weighted by Gasteiger charge is 2.30. The molecule has 1 aromatic carbocycles. The molecule has 3 nitrogen and oxygen atoms in total. The van der Waals surface area contributed by atoms with Gasteiger partial charge < -0.3 is 5.11 Å². The van der Waals surface area contributed by atoms with Gasteiger partial charge in [0.15, 0.2) is 0 Å². The molecule has 0 spiro atoms. The molecule has 1 aliphatic rings. The second kappa shape index (κ2) is 6.69. The topological polar surface area (TPSA) is 36.4 Å². The van der Waals surface area contributed by atoms with Crippen LogP contribution in [0.25, 0.3) is 0 Å². The number of nitrogens with zero attached hydrogens (tertiary/aromatic N) is 2. The van der Waals surface area contributed by atoms with Crippen molar-refractivity contribution in [1.82, 2.24) is 9.88 Å². The molecule has 1 aliphatic heterocycles. The normalized spacial score (nSPS) is 23.3. The lowest BCUT2D eigenvalue weighted by molar-refractivity contribution is 0.00623. The molecule has 0 radical (unpaired) electrons. The zero-order valence-electron chi connectivity index (χ0n) is 12.4. The predicted octanol–water partition coefficient (Wildman–Crippen LogP) is 3.02. The van der Waals surface area contributed by atoms with Crippen LogP contribution >= 0.6 is 11.3 Å². The maximum atomic E-state index is 10.4. The van der Waals surface area contributed by atoms with E-state index in [1.165, 1.54) is 11.1 Å². The van der Waals surface area contributed by atoms with Crippen molar-refractivity contribution in [3.8, 4) is 0 Å². The highest BCUT2D eigenvalue weighted by atomic mass is 32.1. The van der Waals surface area contributed by atoms with Crippen molar-refractivity contribution in [3.05, 3.63) is 52.0 Å². The summed E-state index contributed by atoms with van der Waals surface area (Å²) in [6.07, 6.45) is 2.64. The van der Waals surface area contributed by atoms with Crippen LogP contribution in [-0.2, 0) is 13.0 Å². The van der Waals surface area contributed by atoms with E-state index in [2.05, 4.69) is 46.5 Å². The fraction of sp³-hybridized carbons (Fsp3) is 0.471. The maximum absolute atomic E-state index is 10.4. The van der Waals surface area contributed by atoms with Crippen LogP contribution in [0.15, 0.2) is 35.2 Å². The second-order valence-corrected chi connectivity index (χ2v) is 6.64. The van der Waals surface area contributed by atoms with Crippen molar-refractivity contribution in [2.75, 3.05) is 6.54 Å². The monoisotopic (exact) mass is 302 g/mol. The summed E-state index contributed by atoms with van der Waals surface area (Å²) in [4.78, 5) is 6.78. The molecule has 2 atom stereocenters. The largest absolute Gasteiger partial charge is 0.391 e. The molecule has 0 amide bonds. The molecule has 0 unspecified atom stereocenters. The van der Waals surface area contributed by atoms with Gasteiger partial charge in [0.1, 0.15) is 0 Å². The van der Waals surface area contributed by atoms with Crippen molar-refractivity contribution in [2.24, 2.45) is 0 Å². The Labute approximate surface area is 130 Å². The Balaban J connectivity index is 1.73. The third kappa shape index (κ3) is 3.70. The Bertz CT molecular complexity index is 553. The van der Waals surface area contributed by atoms with Gasteiger partial charge in [0.05, 0.1) is 17.3 Å². The van der Waals surface area contributed by atoms with Gasteiger partial charge >= 0.3 is 0 Å². The molecular weight excluding hydrogens is 280 g/mol. The molecule has 0 aliphatic carbocycles. The summed E-state index contributed by atoms with van der Waals surface area (Å²) in [7, 11) is 0. The molecule has 0 saturated carbocycles. The molecule has 4 heteroatoms. The van der Waals surface area contributed by atoms with E-state index < -0.39 is 0 Å². The van der Waals surface area contributed by atoms with Crippen LogP contribution in [0.2, 0.25) is 0 Å². The Kier molecular flexibility index (Phi) is 4.68. The summed E-state index contributed by atoms with van der Waals surface area (Å²) in [5, 5.41) is 12.5. The number of aliphatic hydroxyl groups excluding tert-OH is 1. The molecule has 1 N–H and O–H groups in total. The quantitative estimate of drug-likeness (QED) is 0.943. The first kappa shape index (κ1) is 14.7. The van der Waals surface area contributed by atoms with E-state index >= 15 is 0 Å². The molecule has 3 rings (SSSR count). The zero-order valence-corrected chi connectivity index (χ0v) is 13.2. The Hall–Kier alpha value is -1.23. The average molecular weight is 302 g/mol. The number of piperidine rings is 1. The highest BCUT2D eigenvalue weighted by molar-refractivity contribution is 7.07. The Morgan fingerprint density at radius 1 is 1.33 bits per heavy atom. The van der Waals surface area contributed by atoms with Crippen molar-refractivity contribution in [1.29, 1.82) is 0 Å². The van der Waals surface area contributed by atoms with E-state index in [1.54, 1.807) is 11.3 Å². The smallest absolute Gasteiger partial charge is 0.0795 e. The van der Waals surface area contributed by atoms with E-state index in [1.807, 2.05) is 5.51 Å². The van der Waals surface area contributed by atoms with Gasteiger partial charge in [-0.3, -0.25) is 4.90 Å². The van der Waals surface area contributed by atoms with Gasteiger partial charge in [-0.2, -0.15) is 0 Å². The van der Waals surface area contributed by atoms with E-state index in [-0.39, 0.29) is 12.1 Å². The Morgan fingerprint density at radius 2 is 2.14 bits per heavy atom. The minimum atomic E-state index is -0.237. The van der Waals surface area contributed by atoms with E-state index in [4.69, 9.17) is 0 Å². The summed E-state index contributed by atoms with van der Waals surface area (Å²) < 4.78 is 0. The first-order valence-electron chi connectivity index (χ1n) is 7.57. The van der Waals surface area contributed by atoms with Crippen LogP contribution in [-0.4, -0.2) is 33.7 Å². The Morgan fingerprint density at radius 3 is 2.86 bits per heavy atom. The van der Waals surface area contributed by atoms with Gasteiger partial charge in [-0.05, 0) is 38.3 Å². The summed E-state index contributed by atoms with van der Waals surface area (Å²) in [5.41, 5.74) is 5.57. The van der Waals surface area contributed by atoms with Crippen LogP contribution in [0.5, 0.6) is 0 Å². The van der Waals surface area contributed by atoms with Gasteiger partial charge in [-0.15, -0.1) is 11.3 Å². The number of aryl methyl sites for hydroxylation is 1. The predicted molar refractivity (Wildman–Crippen MR) is 86.4 cm³/mol. The standard InChI is InChI=1S/C17H22N2OS/c1-13-4-6-14(7-5-13)9-16-17(20)3-2-8-19(16)10-15-11-21-12-18-15/h4-7,11-12,16-17,20H,2-3,8-10H2,1H3/t16-,17-/m0/s1. The first-order valence-corrected chi connectivity index (χ1v) is 8.51. The van der Waals surface area contributed by atoms with Crippen LogP contribution < -0.4 is 0 Å². The molecule has 0 bridgehead atoms. The number of rotatable bonds is 4. The van der Waals surface area contributed by atoms with E-state index in [0.29, 0.717) is 0 Å². The first-order chi connectivity index (χ1) is 10.2. The fourth-order valence-corrected chi connectivity index (χ4v) is 3.61. The maximum Gasteiger partial charge on any atom is 0.0795 e. The average Bonchev–Trinajstić information content (AvgIpc) is 2.98. The lowest BCUT2D eigenvalue weighted by Crippen LogP contribution is -2.48. The zero-order chi connectivity index (χ0) is 14.7. The number of thiazole rings is 1. The second-order valence-electron chi connectivity index (χ2n) is 5.92. The highest BCUT2D eigenvalue weighted by Crippen LogP contribution is 2.23. The van der Waals surface area contributed by atoms with Crippen molar-refractivity contribution in [2.45, 2.75) is 44.9 Å². The number of aliphatic hydroxyl groups is 1. The summed E-state index contributed by atoms with van der Waals surface area (Å²) >= 11 is 1.64. The third-order valence-corrected chi connectivity index (χ3v) is 4.91. The molecular formula is C17H22N2OS. The molecule has 2 aromatic rings.